The Labute approximate surface area is 517 Å². The molecule has 78 heavy (non-hydrogen) atoms. The van der Waals surface area contributed by atoms with E-state index < -0.39 is 0 Å². The molecule has 0 aliphatic rings. The number of aryl methyl sites for hydroxylation is 4. The number of nitrogens with zero attached hydrogens (tertiary/aromatic N) is 4. The molecule has 12 heteroatoms. The SMILES string of the molecule is CCc1cc2c(-c3ccccn3)cccc2[cH-]1.CCc1cc2c(-c3ccccn3)cccc2[cH-]1.C[Si](C)=[Zr+2].C[Si](C)=[Zr+2].Cc1cc2c(-c3ccccn3)cccc2[cH-]1.Cc1cc2c(-c3ccccn3)cccc2[cH-]1.Cl.Cl.Cl.Cl. The van der Waals surface area contributed by atoms with Crippen molar-refractivity contribution < 1.29 is 46.7 Å². The van der Waals surface area contributed by atoms with Crippen LogP contribution in [0.4, 0.5) is 0 Å². The van der Waals surface area contributed by atoms with Crippen molar-refractivity contribution >= 4 is 104 Å². The Balaban J connectivity index is 0.000000257. The number of fused-ring (bicyclic) bond motifs is 4. The van der Waals surface area contributed by atoms with Crippen LogP contribution in [0.15, 0.2) is 219 Å². The first kappa shape index (κ1) is 67.6. The second-order valence-corrected chi connectivity index (χ2v) is 37.3. The topological polar surface area (TPSA) is 51.6 Å². The molecule has 0 amide bonds. The predicted molar refractivity (Wildman–Crippen MR) is 343 cm³/mol. The molecule has 12 rings (SSSR count). The quantitative estimate of drug-likeness (QED) is 0.123. The van der Waals surface area contributed by atoms with Crippen LogP contribution in [-0.4, -0.2) is 30.8 Å². The van der Waals surface area contributed by atoms with Gasteiger partial charge in [-0.1, -0.05) is 76.2 Å². The molecule has 4 heterocycles. The van der Waals surface area contributed by atoms with E-state index in [-0.39, 0.29) is 60.5 Å². The van der Waals surface area contributed by atoms with Crippen molar-refractivity contribution in [2.24, 2.45) is 0 Å². The zero-order valence-corrected chi connectivity index (χ0v) is 55.8. The van der Waals surface area contributed by atoms with E-state index in [1.807, 2.05) is 73.3 Å². The number of pyridine rings is 4. The summed E-state index contributed by atoms with van der Waals surface area (Å²) in [4.78, 5) is 17.7. The van der Waals surface area contributed by atoms with Crippen molar-refractivity contribution in [2.75, 3.05) is 0 Å². The Kier molecular flexibility index (Phi) is 29.8. The van der Waals surface area contributed by atoms with Crippen molar-refractivity contribution in [3.05, 3.63) is 241 Å². The summed E-state index contributed by atoms with van der Waals surface area (Å²) in [5, 5.41) is 10.4. The first-order valence-electron chi connectivity index (χ1n) is 25.3. The van der Waals surface area contributed by atoms with Gasteiger partial charge >= 0.3 is 83.7 Å². The zero-order valence-electron chi connectivity index (χ0n) is 45.6. The average molecular weight is 1300 g/mol. The molecule has 8 aromatic carbocycles. The van der Waals surface area contributed by atoms with Crippen LogP contribution < -0.4 is 0 Å². The van der Waals surface area contributed by atoms with Crippen LogP contribution in [0, 0.1) is 13.8 Å². The standard InChI is InChI=1S/2C16H14N.2C15H12N.2C2H6Si.4ClH.2Zr/c2*1-2-12-10-13-6-5-7-14(15(13)11-12)16-8-3-4-9-17-16;2*1-11-9-12-5-4-6-13(14(12)10-11)15-7-2-3-8-16-15;2*1-3-2;;;;;;/h2*3-11H,2H2,1H3;2*2-10H,1H3;2*1-2H3;4*1H;;/q4*-1;;;;;;;2*+2. The van der Waals surface area contributed by atoms with E-state index in [2.05, 4.69) is 219 Å². The van der Waals surface area contributed by atoms with Crippen LogP contribution in [0.3, 0.4) is 0 Å². The van der Waals surface area contributed by atoms with Crippen molar-refractivity contribution in [2.45, 2.75) is 66.7 Å². The average Bonchev–Trinajstić information content (AvgIpc) is 4.23. The number of hydrogen-bond acceptors (Lipinski definition) is 4. The van der Waals surface area contributed by atoms with Gasteiger partial charge in [-0.3, -0.25) is 19.9 Å². The summed E-state index contributed by atoms with van der Waals surface area (Å²) in [5.41, 5.74) is 14.9. The van der Waals surface area contributed by atoms with Crippen LogP contribution in [0.25, 0.3) is 88.1 Å². The van der Waals surface area contributed by atoms with Gasteiger partial charge in [-0.05, 0) is 83.6 Å². The Morgan fingerprint density at radius 3 is 0.821 bits per heavy atom. The predicted octanol–water partition coefficient (Wildman–Crippen LogP) is 19.5. The molecule has 0 spiro atoms. The van der Waals surface area contributed by atoms with Gasteiger partial charge in [0.25, 0.3) is 0 Å². The van der Waals surface area contributed by atoms with Gasteiger partial charge in [0, 0.05) is 24.8 Å². The Bertz CT molecular complexity index is 3460. The van der Waals surface area contributed by atoms with Gasteiger partial charge in [-0.2, -0.15) is 24.3 Å². The fourth-order valence-electron chi connectivity index (χ4n) is 8.75. The summed E-state index contributed by atoms with van der Waals surface area (Å²) in [6.07, 6.45) is 9.52. The van der Waals surface area contributed by atoms with Gasteiger partial charge in [0.05, 0.1) is 22.8 Å². The smallest absolute Gasteiger partial charge is 0.0607 e. The molecule has 4 nitrogen and oxygen atoms in total. The molecule has 0 saturated carbocycles. The number of aromatic nitrogens is 4. The number of halogens is 4. The molecular formula is C66H68Cl4N4Si2Zr2. The molecule has 4 aromatic heterocycles. The summed E-state index contributed by atoms with van der Waals surface area (Å²) in [6, 6.07) is 67.6. The number of benzene rings is 4. The van der Waals surface area contributed by atoms with Crippen LogP contribution in [0.5, 0.6) is 0 Å². The minimum absolute atomic E-state index is 0. The summed E-state index contributed by atoms with van der Waals surface area (Å²) < 4.78 is 0. The maximum atomic E-state index is 4.43. The van der Waals surface area contributed by atoms with E-state index >= 15 is 0 Å². The van der Waals surface area contributed by atoms with Crippen molar-refractivity contribution in [1.29, 1.82) is 0 Å². The van der Waals surface area contributed by atoms with Crippen molar-refractivity contribution in [3.8, 4) is 45.0 Å². The minimum atomic E-state index is 0. The fourth-order valence-corrected chi connectivity index (χ4v) is 8.75. The van der Waals surface area contributed by atoms with Gasteiger partial charge in [0.2, 0.25) is 0 Å². The number of rotatable bonds is 6. The van der Waals surface area contributed by atoms with Crippen LogP contribution in [0.2, 0.25) is 26.2 Å². The second kappa shape index (κ2) is 34.4. The monoisotopic (exact) mass is 1290 g/mol. The van der Waals surface area contributed by atoms with E-state index in [9.17, 15) is 0 Å². The largest absolute Gasteiger partial charge is 0.257 e. The summed E-state index contributed by atoms with van der Waals surface area (Å²) >= 11 is 3.48. The third kappa shape index (κ3) is 19.2. The molecule has 0 unspecified atom stereocenters. The van der Waals surface area contributed by atoms with Crippen LogP contribution in [-0.2, 0) is 59.5 Å². The van der Waals surface area contributed by atoms with Gasteiger partial charge in [-0.15, -0.1) is 188 Å². The molecule has 0 saturated heterocycles. The first-order chi connectivity index (χ1) is 35.9. The molecule has 0 aliphatic carbocycles. The van der Waals surface area contributed by atoms with Gasteiger partial charge < -0.3 is 0 Å². The maximum Gasteiger partial charge on any atom is 0.0607 e. The van der Waals surface area contributed by atoms with E-state index in [1.54, 1.807) is 46.7 Å². The normalized spacial score (nSPS) is 9.90. The molecule has 396 valence electrons. The zero-order chi connectivity index (χ0) is 52.4. The first-order valence-corrected chi connectivity index (χ1v) is 37.7. The van der Waals surface area contributed by atoms with Gasteiger partial charge in [0.15, 0.2) is 0 Å². The molecule has 0 radical (unpaired) electrons. The third-order valence-electron chi connectivity index (χ3n) is 12.0. The Hall–Kier alpha value is -4.72. The molecule has 0 aliphatic heterocycles. The van der Waals surface area contributed by atoms with E-state index in [0.717, 1.165) is 35.6 Å². The molecule has 0 fully saturated rings. The summed E-state index contributed by atoms with van der Waals surface area (Å²) in [6.45, 7) is 17.9. The maximum absolute atomic E-state index is 4.43. The minimum Gasteiger partial charge on any atom is -0.257 e. The molecular weight excluding hydrogens is 1230 g/mol. The van der Waals surface area contributed by atoms with Crippen molar-refractivity contribution in [3.63, 3.8) is 0 Å². The van der Waals surface area contributed by atoms with E-state index in [0.29, 0.717) is 0 Å². The Morgan fingerprint density at radius 1 is 0.346 bits per heavy atom. The second-order valence-electron chi connectivity index (χ2n) is 18.6. The molecule has 0 atom stereocenters. The van der Waals surface area contributed by atoms with Crippen LogP contribution in [0.1, 0.15) is 36.1 Å². The van der Waals surface area contributed by atoms with Gasteiger partial charge in [0.1, 0.15) is 0 Å². The fraction of sp³-hybridized carbons (Fsp3) is 0.152. The van der Waals surface area contributed by atoms with E-state index in [1.165, 1.54) is 87.6 Å². The molecule has 0 bridgehead atoms. The third-order valence-corrected chi connectivity index (χ3v) is 12.0. The molecule has 12 aromatic rings. The van der Waals surface area contributed by atoms with Crippen molar-refractivity contribution in [1.82, 2.24) is 19.9 Å². The van der Waals surface area contributed by atoms with Gasteiger partial charge in [-0.25, -0.2) is 0 Å². The Morgan fingerprint density at radius 2 is 0.590 bits per heavy atom. The molecule has 0 N–H and O–H groups in total. The summed E-state index contributed by atoms with van der Waals surface area (Å²) in [5.74, 6) is 0. The number of hydrogen-bond donors (Lipinski definition) is 0. The van der Waals surface area contributed by atoms with E-state index in [4.69, 9.17) is 0 Å². The summed E-state index contributed by atoms with van der Waals surface area (Å²) in [7, 11) is 0. The van der Waals surface area contributed by atoms with Crippen LogP contribution >= 0.6 is 49.6 Å².